The number of aromatic nitrogens is 5. The maximum Gasteiger partial charge on any atom is 0.430 e. The number of imidazole rings is 1. The fraction of sp³-hybridized carbons (Fsp3) is 0.378. The van der Waals surface area contributed by atoms with Crippen molar-refractivity contribution in [2.45, 2.75) is 84.9 Å². The lowest BCUT2D eigenvalue weighted by atomic mass is 10.0. The number of carbonyl (C=O) groups excluding carboxylic acids is 3. The summed E-state index contributed by atoms with van der Waals surface area (Å²) < 4.78 is 39.0. The summed E-state index contributed by atoms with van der Waals surface area (Å²) in [7, 11) is 1.64. The van der Waals surface area contributed by atoms with Crippen LogP contribution in [0.3, 0.4) is 0 Å². The summed E-state index contributed by atoms with van der Waals surface area (Å²) >= 11 is 0. The van der Waals surface area contributed by atoms with Gasteiger partial charge in [0.1, 0.15) is 23.3 Å². The number of rotatable bonds is 14. The number of carboxylic acid groups (broad SMARTS) is 1. The molecule has 272 valence electrons. The highest BCUT2D eigenvalue weighted by atomic mass is 19.4. The lowest BCUT2D eigenvalue weighted by Gasteiger charge is -2.17. The van der Waals surface area contributed by atoms with E-state index in [1.165, 1.54) is 0 Å². The van der Waals surface area contributed by atoms with Crippen LogP contribution in [-0.2, 0) is 20.8 Å². The summed E-state index contributed by atoms with van der Waals surface area (Å²) in [5.74, 6) is -1.31. The largest absolute Gasteiger partial charge is 0.542 e. The van der Waals surface area contributed by atoms with E-state index in [4.69, 9.17) is 19.6 Å². The van der Waals surface area contributed by atoms with E-state index in [1.807, 2.05) is 51.2 Å². The van der Waals surface area contributed by atoms with Crippen molar-refractivity contribution in [3.8, 4) is 22.7 Å². The highest BCUT2D eigenvalue weighted by Gasteiger charge is 2.29. The van der Waals surface area contributed by atoms with E-state index < -0.39 is 12.1 Å². The number of unbranched alkanes of at least 4 members (excludes halogenated alkanes) is 2. The number of Topliss-reactive ketones (excluding diaryl/α,β-unsaturated/α-hetero) is 1. The molecule has 0 bridgehead atoms. The second kappa shape index (κ2) is 17.0. The third-order valence-corrected chi connectivity index (χ3v) is 8.48. The Labute approximate surface area is 293 Å². The number of alkyl halides is 3. The predicted molar refractivity (Wildman–Crippen MR) is 183 cm³/mol. The first kappa shape index (κ1) is 38.4. The Morgan fingerprint density at radius 1 is 1.02 bits per heavy atom. The van der Waals surface area contributed by atoms with Gasteiger partial charge in [-0.2, -0.15) is 18.3 Å². The van der Waals surface area contributed by atoms with Crippen LogP contribution < -0.4 is 19.8 Å². The molecular weight excluding hydrogens is 665 g/mol. The lowest BCUT2D eigenvalue weighted by Crippen LogP contribution is -2.37. The quantitative estimate of drug-likeness (QED) is 0.0853. The summed E-state index contributed by atoms with van der Waals surface area (Å²) in [5, 5.41) is 16.4. The van der Waals surface area contributed by atoms with Crippen LogP contribution in [0.1, 0.15) is 80.0 Å². The molecule has 2 aromatic carbocycles. The summed E-state index contributed by atoms with van der Waals surface area (Å²) in [5.41, 5.74) is 8.03. The maximum absolute atomic E-state index is 13.5. The third kappa shape index (κ3) is 10.3. The minimum atomic E-state index is -5.19. The van der Waals surface area contributed by atoms with Crippen LogP contribution in [-0.4, -0.2) is 51.0 Å². The van der Waals surface area contributed by atoms with Gasteiger partial charge in [-0.1, -0.05) is 36.6 Å². The van der Waals surface area contributed by atoms with E-state index in [0.717, 1.165) is 87.8 Å². The zero-order valence-electron chi connectivity index (χ0n) is 29.3. The number of nitrogens with zero attached hydrogens (tertiary/aromatic N) is 2. The number of ketones is 1. The molecule has 0 radical (unpaired) electrons. The van der Waals surface area contributed by atoms with Crippen molar-refractivity contribution in [1.82, 2.24) is 25.4 Å². The Balaban J connectivity index is 0.000000755. The van der Waals surface area contributed by atoms with Gasteiger partial charge < -0.3 is 29.9 Å². The molecule has 0 aliphatic rings. The van der Waals surface area contributed by atoms with Gasteiger partial charge in [0.2, 0.25) is 17.3 Å². The molecular formula is C37H43F3N6O5. The highest BCUT2D eigenvalue weighted by Crippen LogP contribution is 2.28. The van der Waals surface area contributed by atoms with Gasteiger partial charge in [0, 0.05) is 60.1 Å². The number of methoxy groups -OCH3 is 1. The first-order valence-electron chi connectivity index (χ1n) is 16.7. The minimum absolute atomic E-state index is 0.0723. The smallest absolute Gasteiger partial charge is 0.430 e. The van der Waals surface area contributed by atoms with Gasteiger partial charge in [-0.3, -0.25) is 9.59 Å². The van der Waals surface area contributed by atoms with Gasteiger partial charge in [-0.05, 0) is 50.5 Å². The molecule has 1 atom stereocenters. The maximum atomic E-state index is 13.5. The molecule has 0 saturated carbocycles. The third-order valence-electron chi connectivity index (χ3n) is 8.48. The molecule has 3 aromatic heterocycles. The van der Waals surface area contributed by atoms with E-state index in [2.05, 4.69) is 56.3 Å². The number of aromatic amines is 3. The number of hydrogen-bond acceptors (Lipinski definition) is 6. The first-order chi connectivity index (χ1) is 24.2. The van der Waals surface area contributed by atoms with Crippen LogP contribution >= 0.6 is 0 Å². The number of nitrogens with one attached hydrogen (secondary N) is 4. The van der Waals surface area contributed by atoms with E-state index in [1.54, 1.807) is 7.11 Å². The van der Waals surface area contributed by atoms with Crippen LogP contribution in [0.2, 0.25) is 0 Å². The number of benzene rings is 2. The average Bonchev–Trinajstić information content (AvgIpc) is 3.80. The van der Waals surface area contributed by atoms with E-state index in [9.17, 15) is 22.8 Å². The van der Waals surface area contributed by atoms with E-state index >= 15 is 0 Å². The molecule has 11 nitrogen and oxygen atoms in total. The second-order valence-corrected chi connectivity index (χ2v) is 12.4. The summed E-state index contributed by atoms with van der Waals surface area (Å²) in [6.45, 7) is 8.01. The second-order valence-electron chi connectivity index (χ2n) is 12.4. The number of fused-ring (bicyclic) bond motifs is 1. The summed E-state index contributed by atoms with van der Waals surface area (Å²) in [6.07, 6.45) is 1.43. The van der Waals surface area contributed by atoms with Gasteiger partial charge >= 0.3 is 6.18 Å². The molecule has 5 rings (SSSR count). The van der Waals surface area contributed by atoms with Crippen LogP contribution in [0.4, 0.5) is 13.2 Å². The van der Waals surface area contributed by atoms with Crippen molar-refractivity contribution in [2.24, 2.45) is 0 Å². The highest BCUT2D eigenvalue weighted by molar-refractivity contribution is 5.91. The van der Waals surface area contributed by atoms with E-state index in [0.29, 0.717) is 18.6 Å². The Morgan fingerprint density at radius 3 is 2.41 bits per heavy atom. The van der Waals surface area contributed by atoms with Gasteiger partial charge in [0.25, 0.3) is 0 Å². The SMILES string of the molecule is CCC(=O)CCCCCC(NC(=O)Cc1c(C)[nH]c2ccc(OC)cc12)c1ncc(-c2cccc(-[n+]3[nH]c(C)cc3C)c2)[nH]1.O=C([O-])C(F)(F)F. The van der Waals surface area contributed by atoms with Crippen LogP contribution in [0.15, 0.2) is 54.7 Å². The zero-order chi connectivity index (χ0) is 37.3. The molecule has 3 heterocycles. The molecule has 1 amide bonds. The zero-order valence-corrected chi connectivity index (χ0v) is 29.3. The molecule has 4 N–H and O–H groups in total. The number of ether oxygens (including phenoxy) is 1. The molecule has 1 unspecified atom stereocenters. The fourth-order valence-corrected chi connectivity index (χ4v) is 5.84. The number of aliphatic carboxylic acids is 1. The Bertz CT molecular complexity index is 1980. The first-order valence-corrected chi connectivity index (χ1v) is 16.7. The number of carbonyl (C=O) groups is 3. The normalized spacial score (nSPS) is 11.9. The van der Waals surface area contributed by atoms with Crippen LogP contribution in [0, 0.1) is 20.8 Å². The molecule has 5 aromatic rings. The number of halogens is 3. The van der Waals surface area contributed by atoms with Crippen LogP contribution in [0.5, 0.6) is 5.75 Å². The van der Waals surface area contributed by atoms with Crippen molar-refractivity contribution in [2.75, 3.05) is 7.11 Å². The molecule has 51 heavy (non-hydrogen) atoms. The van der Waals surface area contributed by atoms with Crippen LogP contribution in [0.25, 0.3) is 27.8 Å². The molecule has 14 heteroatoms. The van der Waals surface area contributed by atoms with Crippen molar-refractivity contribution in [3.05, 3.63) is 83.2 Å². The topological polar surface area (TPSA) is 160 Å². The number of carboxylic acids is 1. The monoisotopic (exact) mass is 708 g/mol. The van der Waals surface area contributed by atoms with Gasteiger partial charge in [-0.25, -0.2) is 4.98 Å². The number of hydrogen-bond donors (Lipinski definition) is 4. The van der Waals surface area contributed by atoms with Crippen molar-refractivity contribution in [1.29, 1.82) is 0 Å². The Kier molecular flexibility index (Phi) is 12.8. The number of aryl methyl sites for hydroxylation is 3. The molecule has 0 fully saturated rings. The molecule has 0 aliphatic heterocycles. The van der Waals surface area contributed by atoms with Crippen molar-refractivity contribution < 1.29 is 42.1 Å². The summed E-state index contributed by atoms with van der Waals surface area (Å²) in [4.78, 5) is 45.7. The average molecular weight is 709 g/mol. The van der Waals surface area contributed by atoms with Crippen molar-refractivity contribution in [3.63, 3.8) is 0 Å². The van der Waals surface area contributed by atoms with Crippen molar-refractivity contribution >= 4 is 28.6 Å². The minimum Gasteiger partial charge on any atom is -0.542 e. The molecule has 0 spiro atoms. The van der Waals surface area contributed by atoms with Gasteiger partial charge in [0.15, 0.2) is 0 Å². The Hall–Kier alpha value is -5.40. The standard InChI is InChI=1S/C35H42N6O3.C2HF3O2/c1-6-27(42)13-8-7-9-14-32(38-34(43)20-29-24(4)37-31-16-15-28(44-5)19-30(29)31)35-36-21-33(39-35)25-11-10-12-26(18-25)41-23(3)17-22(2)40-41;3-2(4,5)1(6)7/h10-12,15-19,21,32,37H,6-9,13-14,20H2,1-5H3,(H2,36,38,39,43);(H,6,7). The predicted octanol–water partition coefficient (Wildman–Crippen LogP) is 5.72. The lowest BCUT2D eigenvalue weighted by molar-refractivity contribution is -0.661. The molecule has 0 aliphatic carbocycles. The van der Waals surface area contributed by atoms with Gasteiger partial charge in [0.05, 0.1) is 37.2 Å². The number of amides is 1. The van der Waals surface area contributed by atoms with Gasteiger partial charge in [-0.15, -0.1) is 0 Å². The Morgan fingerprint density at radius 2 is 1.76 bits per heavy atom. The fourth-order valence-electron chi connectivity index (χ4n) is 5.84. The molecule has 0 saturated heterocycles. The summed E-state index contributed by atoms with van der Waals surface area (Å²) in [6, 6.07) is 16.0. The number of H-pyrrole nitrogens is 3. The van der Waals surface area contributed by atoms with E-state index in [-0.39, 0.29) is 18.4 Å².